The van der Waals surface area contributed by atoms with Gasteiger partial charge in [0.15, 0.2) is 0 Å². The maximum atomic E-state index is 11.1. The number of carbonyl (C=O) groups is 3. The van der Waals surface area contributed by atoms with Gasteiger partial charge in [-0.15, -0.1) is 15.2 Å². The van der Waals surface area contributed by atoms with Crippen LogP contribution >= 0.6 is 0 Å². The zero-order chi connectivity index (χ0) is 15.8. The van der Waals surface area contributed by atoms with Gasteiger partial charge in [-0.3, -0.25) is 14.4 Å². The third-order valence-corrected chi connectivity index (χ3v) is 2.57. The molecule has 1 aliphatic rings. The summed E-state index contributed by atoms with van der Waals surface area (Å²) in [7, 11) is 0. The van der Waals surface area contributed by atoms with Gasteiger partial charge in [-0.2, -0.15) is 0 Å². The minimum absolute atomic E-state index is 0.376. The molecule has 0 unspecified atom stereocenters. The number of hydrogen-bond acceptors (Lipinski definition) is 9. The molecule has 1 aliphatic heterocycles. The fraction of sp³-hybridized carbons (Fsp3) is 0.750. The summed E-state index contributed by atoms with van der Waals surface area (Å²) in [5, 5.41) is 4.34. The summed E-state index contributed by atoms with van der Waals surface area (Å²) in [5.74, 6) is -1.31. The normalized spacial score (nSPS) is 19.0. The van der Waals surface area contributed by atoms with Crippen LogP contribution in [0.5, 0.6) is 0 Å². The van der Waals surface area contributed by atoms with E-state index in [9.17, 15) is 14.4 Å². The number of nitrogens with zero attached hydrogens (tertiary/aromatic N) is 3. The lowest BCUT2D eigenvalue weighted by Crippen LogP contribution is -2.37. The molecule has 0 saturated carbocycles. The molecule has 0 amide bonds. The monoisotopic (exact) mass is 303 g/mol. The predicted octanol–water partition coefficient (Wildman–Crippen LogP) is -0.660. The molecule has 1 heterocycles. The molecule has 1 saturated heterocycles. The number of rotatable bonds is 3. The van der Waals surface area contributed by atoms with Crippen LogP contribution in [0.4, 0.5) is 0 Å². The molecule has 1 fully saturated rings. The van der Waals surface area contributed by atoms with Crippen molar-refractivity contribution < 1.29 is 28.9 Å². The van der Waals surface area contributed by atoms with E-state index >= 15 is 0 Å². The molecule has 0 spiro atoms. The Labute approximate surface area is 123 Å². The summed E-state index contributed by atoms with van der Waals surface area (Å²) in [5.41, 5.74) is 0. The van der Waals surface area contributed by atoms with E-state index in [-0.39, 0.29) is 0 Å². The van der Waals surface area contributed by atoms with Crippen LogP contribution in [0.1, 0.15) is 20.8 Å². The van der Waals surface area contributed by atoms with Crippen LogP contribution in [0.3, 0.4) is 0 Å². The number of carbonyl (C=O) groups excluding carboxylic acids is 3. The second kappa shape index (κ2) is 8.55. The summed E-state index contributed by atoms with van der Waals surface area (Å²) in [6.45, 7) is 6.17. The van der Waals surface area contributed by atoms with Crippen molar-refractivity contribution >= 4 is 17.9 Å². The van der Waals surface area contributed by atoms with Gasteiger partial charge in [0.05, 0.1) is 39.3 Å². The van der Waals surface area contributed by atoms with Crippen LogP contribution < -0.4 is 0 Å². The molecular formula is C12H21N3O6. The lowest BCUT2D eigenvalue weighted by atomic mass is 10.5. The van der Waals surface area contributed by atoms with Gasteiger partial charge in [-0.25, -0.2) is 0 Å². The smallest absolute Gasteiger partial charge is 0.322 e. The first kappa shape index (κ1) is 17.3. The third-order valence-electron chi connectivity index (χ3n) is 2.57. The summed E-state index contributed by atoms with van der Waals surface area (Å²) in [6.07, 6.45) is 0. The minimum Gasteiger partial charge on any atom is -0.368 e. The van der Waals surface area contributed by atoms with Crippen LogP contribution in [-0.2, 0) is 28.9 Å². The van der Waals surface area contributed by atoms with E-state index < -0.39 is 17.9 Å². The van der Waals surface area contributed by atoms with Crippen molar-refractivity contribution in [2.24, 2.45) is 0 Å². The van der Waals surface area contributed by atoms with E-state index in [2.05, 4.69) is 0 Å². The minimum atomic E-state index is -0.438. The highest BCUT2D eigenvalue weighted by atomic mass is 16.7. The molecule has 0 aromatic rings. The second-order valence-corrected chi connectivity index (χ2v) is 4.54. The summed E-state index contributed by atoms with van der Waals surface area (Å²) in [6, 6.07) is 0. The molecule has 0 aromatic heterocycles. The van der Waals surface area contributed by atoms with Crippen LogP contribution in [0.25, 0.3) is 0 Å². The van der Waals surface area contributed by atoms with Crippen LogP contribution in [-0.4, -0.2) is 72.4 Å². The van der Waals surface area contributed by atoms with Crippen LogP contribution in [0, 0.1) is 0 Å². The van der Waals surface area contributed by atoms with E-state index in [0.29, 0.717) is 39.3 Å². The van der Waals surface area contributed by atoms with Gasteiger partial charge in [-0.05, 0) is 0 Å². The van der Waals surface area contributed by atoms with Crippen molar-refractivity contribution in [2.45, 2.75) is 20.8 Å². The van der Waals surface area contributed by atoms with Gasteiger partial charge in [0.1, 0.15) is 0 Å². The molecule has 0 N–H and O–H groups in total. The summed E-state index contributed by atoms with van der Waals surface area (Å²) in [4.78, 5) is 48.3. The molecule has 21 heavy (non-hydrogen) atoms. The molecule has 0 aromatic carbocycles. The van der Waals surface area contributed by atoms with Crippen LogP contribution in [0.15, 0.2) is 0 Å². The van der Waals surface area contributed by atoms with Crippen molar-refractivity contribution in [1.82, 2.24) is 15.2 Å². The Bertz CT molecular complexity index is 320. The highest BCUT2D eigenvalue weighted by molar-refractivity contribution is 5.66. The largest absolute Gasteiger partial charge is 0.368 e. The van der Waals surface area contributed by atoms with E-state index in [1.165, 1.54) is 36.0 Å². The quantitative estimate of drug-likeness (QED) is 0.674. The van der Waals surface area contributed by atoms with E-state index in [0.717, 1.165) is 0 Å². The Morgan fingerprint density at radius 2 is 0.762 bits per heavy atom. The van der Waals surface area contributed by atoms with E-state index in [4.69, 9.17) is 14.5 Å². The molecule has 120 valence electrons. The Morgan fingerprint density at radius 3 is 0.905 bits per heavy atom. The maximum absolute atomic E-state index is 11.1. The first-order valence-electron chi connectivity index (χ1n) is 6.67. The van der Waals surface area contributed by atoms with Crippen molar-refractivity contribution in [1.29, 1.82) is 0 Å². The number of hydroxylamine groups is 6. The second-order valence-electron chi connectivity index (χ2n) is 4.54. The molecule has 9 heteroatoms. The Morgan fingerprint density at radius 1 is 0.571 bits per heavy atom. The summed E-state index contributed by atoms with van der Waals surface area (Å²) < 4.78 is 0. The van der Waals surface area contributed by atoms with Crippen molar-refractivity contribution in [3.8, 4) is 0 Å². The van der Waals surface area contributed by atoms with Gasteiger partial charge in [-0.1, -0.05) is 0 Å². The highest BCUT2D eigenvalue weighted by Crippen LogP contribution is 2.03. The number of hydrogen-bond donors (Lipinski definition) is 0. The first-order chi connectivity index (χ1) is 9.86. The van der Waals surface area contributed by atoms with Gasteiger partial charge in [0.25, 0.3) is 0 Å². The molecule has 0 atom stereocenters. The molecule has 0 bridgehead atoms. The Balaban J connectivity index is 2.68. The average Bonchev–Trinajstić information content (AvgIpc) is 2.42. The lowest BCUT2D eigenvalue weighted by molar-refractivity contribution is -0.203. The first-order valence-corrected chi connectivity index (χ1v) is 6.67. The standard InChI is InChI=1S/C12H21N3O6/c1-10(16)19-13-4-6-14(20-11(2)17)8-9-15(7-5-13)21-12(3)18/h4-9H2,1-3H3. The third kappa shape index (κ3) is 7.59. The van der Waals surface area contributed by atoms with Crippen LogP contribution in [0.2, 0.25) is 0 Å². The molecule has 1 rings (SSSR count). The molecule has 0 aliphatic carbocycles. The highest BCUT2D eigenvalue weighted by Gasteiger charge is 2.21. The van der Waals surface area contributed by atoms with Crippen molar-refractivity contribution in [2.75, 3.05) is 39.3 Å². The zero-order valence-electron chi connectivity index (χ0n) is 12.5. The fourth-order valence-electron chi connectivity index (χ4n) is 1.82. The molecular weight excluding hydrogens is 282 g/mol. The van der Waals surface area contributed by atoms with E-state index in [1.807, 2.05) is 0 Å². The van der Waals surface area contributed by atoms with Gasteiger partial charge in [0, 0.05) is 20.8 Å². The molecule has 0 radical (unpaired) electrons. The van der Waals surface area contributed by atoms with Crippen molar-refractivity contribution in [3.63, 3.8) is 0 Å². The SMILES string of the molecule is CC(=O)ON1CCN(OC(C)=O)CCN(OC(C)=O)CC1. The van der Waals surface area contributed by atoms with Gasteiger partial charge in [0.2, 0.25) is 0 Å². The maximum Gasteiger partial charge on any atom is 0.322 e. The van der Waals surface area contributed by atoms with Gasteiger partial charge < -0.3 is 14.5 Å². The van der Waals surface area contributed by atoms with Gasteiger partial charge >= 0.3 is 17.9 Å². The average molecular weight is 303 g/mol. The zero-order valence-corrected chi connectivity index (χ0v) is 12.5. The Hall–Kier alpha value is -1.71. The predicted molar refractivity (Wildman–Crippen MR) is 70.0 cm³/mol. The topological polar surface area (TPSA) is 88.6 Å². The lowest BCUT2D eigenvalue weighted by Gasteiger charge is -2.22. The Kier molecular flexibility index (Phi) is 7.06. The fourth-order valence-corrected chi connectivity index (χ4v) is 1.82. The van der Waals surface area contributed by atoms with E-state index in [1.54, 1.807) is 0 Å². The molecule has 9 nitrogen and oxygen atoms in total. The summed E-state index contributed by atoms with van der Waals surface area (Å²) >= 11 is 0. The van der Waals surface area contributed by atoms with Crippen molar-refractivity contribution in [3.05, 3.63) is 0 Å².